The zero-order chi connectivity index (χ0) is 30.8. The summed E-state index contributed by atoms with van der Waals surface area (Å²) in [5, 5.41) is 7.97. The average Bonchev–Trinajstić information content (AvgIpc) is 3.36. The van der Waals surface area contributed by atoms with Gasteiger partial charge in [-0.15, -0.1) is 0 Å². The number of amides is 1. The van der Waals surface area contributed by atoms with E-state index in [9.17, 15) is 9.59 Å². The predicted molar refractivity (Wildman–Crippen MR) is 177 cm³/mol. The number of aryl methyl sites for hydroxylation is 3. The molecule has 0 saturated heterocycles. The molecule has 1 amide bonds. The lowest BCUT2D eigenvalue weighted by molar-refractivity contribution is -0.123. The van der Waals surface area contributed by atoms with Crippen LogP contribution in [0.15, 0.2) is 54.7 Å². The smallest absolute Gasteiger partial charge is 0.228 e. The van der Waals surface area contributed by atoms with Gasteiger partial charge >= 0.3 is 0 Å². The van der Waals surface area contributed by atoms with Crippen molar-refractivity contribution in [3.05, 3.63) is 82.7 Å². The number of rotatable bonds is 9. The van der Waals surface area contributed by atoms with Gasteiger partial charge in [-0.25, -0.2) is 4.98 Å². The minimum atomic E-state index is -0.570. The van der Waals surface area contributed by atoms with Crippen molar-refractivity contribution in [1.29, 1.82) is 0 Å². The van der Waals surface area contributed by atoms with E-state index in [4.69, 9.17) is 9.97 Å². The number of aromatic nitrogens is 3. The number of carbonyl (C=O) groups is 2. The van der Waals surface area contributed by atoms with E-state index in [-0.39, 0.29) is 30.2 Å². The third-order valence-corrected chi connectivity index (χ3v) is 9.37. The molecule has 8 heteroatoms. The second kappa shape index (κ2) is 12.8. The molecule has 1 unspecified atom stereocenters. The molecule has 8 nitrogen and oxygen atoms in total. The van der Waals surface area contributed by atoms with E-state index in [0.29, 0.717) is 11.5 Å². The maximum absolute atomic E-state index is 14.0. The fourth-order valence-electron chi connectivity index (χ4n) is 6.91. The van der Waals surface area contributed by atoms with Gasteiger partial charge in [0.1, 0.15) is 5.82 Å². The van der Waals surface area contributed by atoms with Gasteiger partial charge in [0.2, 0.25) is 11.9 Å². The maximum atomic E-state index is 14.0. The van der Waals surface area contributed by atoms with E-state index < -0.39 is 5.92 Å². The van der Waals surface area contributed by atoms with Crippen LogP contribution >= 0.6 is 0 Å². The van der Waals surface area contributed by atoms with Crippen LogP contribution in [-0.4, -0.2) is 52.4 Å². The SMILES string of the molecule is Cc1ccc(C(=O)CC(C(=O)NC2CCC(Nc3nc4c(c(N(C)C)n3)CCCC4)CC2)c2cn(C)c3ccccc23)cc1. The van der Waals surface area contributed by atoms with Gasteiger partial charge in [-0.2, -0.15) is 4.98 Å². The summed E-state index contributed by atoms with van der Waals surface area (Å²) in [5.74, 6) is 1.07. The molecule has 0 aliphatic heterocycles. The number of para-hydroxylation sites is 1. The lowest BCUT2D eigenvalue weighted by Gasteiger charge is -2.31. The van der Waals surface area contributed by atoms with Gasteiger partial charge in [0.15, 0.2) is 5.78 Å². The van der Waals surface area contributed by atoms with Crippen LogP contribution in [0.4, 0.5) is 11.8 Å². The normalized spacial score (nSPS) is 18.8. The van der Waals surface area contributed by atoms with E-state index >= 15 is 0 Å². The molecule has 2 aliphatic rings. The Labute approximate surface area is 260 Å². The summed E-state index contributed by atoms with van der Waals surface area (Å²) in [6.07, 6.45) is 10.1. The van der Waals surface area contributed by atoms with Gasteiger partial charge in [0, 0.05) is 67.9 Å². The first-order valence-electron chi connectivity index (χ1n) is 16.0. The largest absolute Gasteiger partial charge is 0.362 e. The molecular formula is C36H44N6O2. The van der Waals surface area contributed by atoms with Crippen LogP contribution in [0.3, 0.4) is 0 Å². The number of hydrogen-bond acceptors (Lipinski definition) is 6. The lowest BCUT2D eigenvalue weighted by Crippen LogP contribution is -2.42. The minimum absolute atomic E-state index is 0.0202. The molecule has 2 aromatic carbocycles. The number of carbonyl (C=O) groups excluding carboxylic acids is 2. The third-order valence-electron chi connectivity index (χ3n) is 9.37. The summed E-state index contributed by atoms with van der Waals surface area (Å²) in [6.45, 7) is 2.01. The monoisotopic (exact) mass is 592 g/mol. The van der Waals surface area contributed by atoms with Crippen molar-refractivity contribution in [1.82, 2.24) is 19.9 Å². The molecule has 6 rings (SSSR count). The molecule has 0 spiro atoms. The molecule has 2 aliphatic carbocycles. The van der Waals surface area contributed by atoms with Crippen LogP contribution in [0.1, 0.15) is 83.6 Å². The van der Waals surface area contributed by atoms with Gasteiger partial charge in [-0.05, 0) is 69.9 Å². The first kappa shape index (κ1) is 29.9. The van der Waals surface area contributed by atoms with Gasteiger partial charge in [0.05, 0.1) is 11.6 Å². The number of anilines is 2. The summed E-state index contributed by atoms with van der Waals surface area (Å²) in [6, 6.07) is 16.0. The number of nitrogens with one attached hydrogen (secondary N) is 2. The Balaban J connectivity index is 1.15. The van der Waals surface area contributed by atoms with Crippen LogP contribution in [0.5, 0.6) is 0 Å². The van der Waals surface area contributed by atoms with Gasteiger partial charge in [-0.3, -0.25) is 9.59 Å². The van der Waals surface area contributed by atoms with Crippen molar-refractivity contribution in [3.63, 3.8) is 0 Å². The Morgan fingerprint density at radius 2 is 1.66 bits per heavy atom. The highest BCUT2D eigenvalue weighted by Gasteiger charge is 2.31. The topological polar surface area (TPSA) is 92.2 Å². The average molecular weight is 593 g/mol. The number of hydrogen-bond donors (Lipinski definition) is 2. The van der Waals surface area contributed by atoms with E-state index in [1.54, 1.807) is 0 Å². The zero-order valence-electron chi connectivity index (χ0n) is 26.4. The van der Waals surface area contributed by atoms with Crippen molar-refractivity contribution >= 4 is 34.4 Å². The highest BCUT2D eigenvalue weighted by molar-refractivity contribution is 6.01. The Bertz CT molecular complexity index is 1650. The molecule has 230 valence electrons. The van der Waals surface area contributed by atoms with Crippen molar-refractivity contribution in [2.75, 3.05) is 24.3 Å². The van der Waals surface area contributed by atoms with Crippen LogP contribution in [0.2, 0.25) is 0 Å². The molecule has 1 saturated carbocycles. The second-order valence-electron chi connectivity index (χ2n) is 12.9. The van der Waals surface area contributed by atoms with E-state index in [2.05, 4.69) is 35.7 Å². The van der Waals surface area contributed by atoms with Crippen molar-refractivity contribution < 1.29 is 9.59 Å². The number of ketones is 1. The zero-order valence-corrected chi connectivity index (χ0v) is 26.4. The number of fused-ring (bicyclic) bond motifs is 2. The quantitative estimate of drug-likeness (QED) is 0.228. The van der Waals surface area contributed by atoms with Gasteiger partial charge in [-0.1, -0.05) is 48.0 Å². The molecule has 44 heavy (non-hydrogen) atoms. The highest BCUT2D eigenvalue weighted by Crippen LogP contribution is 2.33. The summed E-state index contributed by atoms with van der Waals surface area (Å²) in [5.41, 5.74) is 6.17. The van der Waals surface area contributed by atoms with E-state index in [1.165, 1.54) is 24.1 Å². The minimum Gasteiger partial charge on any atom is -0.362 e. The molecule has 0 bridgehead atoms. The molecule has 2 N–H and O–H groups in total. The summed E-state index contributed by atoms with van der Waals surface area (Å²) >= 11 is 0. The first-order valence-corrected chi connectivity index (χ1v) is 16.0. The predicted octanol–water partition coefficient (Wildman–Crippen LogP) is 6.12. The van der Waals surface area contributed by atoms with E-state index in [1.807, 2.05) is 67.2 Å². The van der Waals surface area contributed by atoms with Gasteiger partial charge < -0.3 is 20.1 Å². The Kier molecular flexibility index (Phi) is 8.69. The Morgan fingerprint density at radius 1 is 0.955 bits per heavy atom. The summed E-state index contributed by atoms with van der Waals surface area (Å²) in [7, 11) is 6.09. The fourth-order valence-corrected chi connectivity index (χ4v) is 6.91. The summed E-state index contributed by atoms with van der Waals surface area (Å²) < 4.78 is 2.04. The van der Waals surface area contributed by atoms with Crippen molar-refractivity contribution in [2.24, 2.45) is 7.05 Å². The maximum Gasteiger partial charge on any atom is 0.228 e. The van der Waals surface area contributed by atoms with Gasteiger partial charge in [0.25, 0.3) is 0 Å². The standard InChI is InChI=1S/C36H44N6O2/c1-23-13-15-24(16-14-23)33(43)21-29(30-22-42(4)32-12-8-6-9-27(30)32)35(44)37-25-17-19-26(20-18-25)38-36-39-31-11-7-5-10-28(31)34(40-36)41(2)3/h6,8-9,12-16,22,25-26,29H,5,7,10-11,17-21H2,1-4H3,(H,37,44)(H,38,39,40). The first-order chi connectivity index (χ1) is 21.3. The van der Waals surface area contributed by atoms with Crippen LogP contribution < -0.4 is 15.5 Å². The lowest BCUT2D eigenvalue weighted by atomic mass is 9.88. The molecule has 4 aromatic rings. The number of Topliss-reactive ketones (excluding diaryl/α,β-unsaturated/α-hetero) is 1. The molecule has 2 aromatic heterocycles. The van der Waals surface area contributed by atoms with E-state index in [0.717, 1.165) is 66.4 Å². The molecule has 1 fully saturated rings. The second-order valence-corrected chi connectivity index (χ2v) is 12.9. The fraction of sp³-hybridized carbons (Fsp3) is 0.444. The molecule has 0 radical (unpaired) electrons. The molecule has 2 heterocycles. The Morgan fingerprint density at radius 3 is 2.41 bits per heavy atom. The summed E-state index contributed by atoms with van der Waals surface area (Å²) in [4.78, 5) is 39.3. The highest BCUT2D eigenvalue weighted by atomic mass is 16.2. The molecule has 1 atom stereocenters. The Hall–Kier alpha value is -4.20. The number of nitrogens with zero attached hydrogens (tertiary/aromatic N) is 4. The number of benzene rings is 2. The van der Waals surface area contributed by atoms with Crippen molar-refractivity contribution in [2.45, 2.75) is 82.7 Å². The van der Waals surface area contributed by atoms with Crippen LogP contribution in [-0.2, 0) is 24.7 Å². The van der Waals surface area contributed by atoms with Crippen molar-refractivity contribution in [3.8, 4) is 0 Å². The third kappa shape index (κ3) is 6.35. The van der Waals surface area contributed by atoms with Crippen LogP contribution in [0, 0.1) is 6.92 Å². The molecular weight excluding hydrogens is 548 g/mol. The van der Waals surface area contributed by atoms with Crippen LogP contribution in [0.25, 0.3) is 10.9 Å².